The van der Waals surface area contributed by atoms with Gasteiger partial charge in [-0.2, -0.15) is 0 Å². The molecule has 6 heteroatoms. The van der Waals surface area contributed by atoms with Crippen LogP contribution in [0.4, 0.5) is 0 Å². The fourth-order valence-electron chi connectivity index (χ4n) is 3.56. The van der Waals surface area contributed by atoms with Crippen molar-refractivity contribution in [1.82, 2.24) is 19.7 Å². The van der Waals surface area contributed by atoms with E-state index in [-0.39, 0.29) is 12.4 Å². The molecule has 0 radical (unpaired) electrons. The van der Waals surface area contributed by atoms with Crippen molar-refractivity contribution in [2.24, 2.45) is 11.7 Å². The predicted octanol–water partition coefficient (Wildman–Crippen LogP) is 2.20. The molecule has 1 aliphatic rings. The van der Waals surface area contributed by atoms with Crippen LogP contribution in [0.25, 0.3) is 0 Å². The number of nitrogens with two attached hydrogens (primary N) is 1. The van der Waals surface area contributed by atoms with Crippen LogP contribution in [0, 0.1) is 12.8 Å². The molecule has 0 bridgehead atoms. The Morgan fingerprint density at radius 3 is 2.57 bits per heavy atom. The van der Waals surface area contributed by atoms with Crippen molar-refractivity contribution in [1.29, 1.82) is 0 Å². The van der Waals surface area contributed by atoms with Crippen LogP contribution >= 0.6 is 12.4 Å². The minimum Gasteiger partial charge on any atom is -0.330 e. The van der Waals surface area contributed by atoms with Gasteiger partial charge in [0.25, 0.3) is 0 Å². The van der Waals surface area contributed by atoms with E-state index in [1.165, 1.54) is 5.56 Å². The van der Waals surface area contributed by atoms with Crippen LogP contribution in [0.5, 0.6) is 0 Å². The quantitative estimate of drug-likeness (QED) is 0.910. The maximum atomic E-state index is 6.02. The first-order valence-electron chi connectivity index (χ1n) is 8.09. The molecule has 1 fully saturated rings. The van der Waals surface area contributed by atoms with Gasteiger partial charge in [-0.1, -0.05) is 30.3 Å². The van der Waals surface area contributed by atoms with E-state index in [2.05, 4.69) is 56.9 Å². The van der Waals surface area contributed by atoms with Crippen LogP contribution in [0.15, 0.2) is 30.3 Å². The molecule has 0 saturated carbocycles. The molecular formula is C17H26ClN5. The highest BCUT2D eigenvalue weighted by atomic mass is 35.5. The molecule has 1 aromatic carbocycles. The van der Waals surface area contributed by atoms with E-state index < -0.39 is 0 Å². The van der Waals surface area contributed by atoms with Gasteiger partial charge in [-0.3, -0.25) is 4.90 Å². The Labute approximate surface area is 144 Å². The summed E-state index contributed by atoms with van der Waals surface area (Å²) in [6.45, 7) is 8.74. The molecule has 2 N–H and O–H groups in total. The van der Waals surface area contributed by atoms with Crippen molar-refractivity contribution in [2.45, 2.75) is 32.9 Å². The van der Waals surface area contributed by atoms with Crippen molar-refractivity contribution in [3.05, 3.63) is 47.5 Å². The standard InChI is InChI=1S/C17H25N5.ClH/c1-3-22-13(2)19-20-17(22)12-21-10-15(9-18)16(11-21)14-7-5-4-6-8-14;/h4-8,15-16H,3,9-12,18H2,1-2H3;1H/t15-,16+;/m1./s1. The summed E-state index contributed by atoms with van der Waals surface area (Å²) in [5.41, 5.74) is 7.41. The average molecular weight is 336 g/mol. The van der Waals surface area contributed by atoms with Gasteiger partial charge in [0.2, 0.25) is 0 Å². The molecule has 0 unspecified atom stereocenters. The second-order valence-electron chi connectivity index (χ2n) is 6.11. The van der Waals surface area contributed by atoms with Gasteiger partial charge in [-0.15, -0.1) is 22.6 Å². The summed E-state index contributed by atoms with van der Waals surface area (Å²) >= 11 is 0. The summed E-state index contributed by atoms with van der Waals surface area (Å²) < 4.78 is 2.19. The molecule has 3 rings (SSSR count). The van der Waals surface area contributed by atoms with Gasteiger partial charge in [-0.05, 0) is 31.9 Å². The van der Waals surface area contributed by atoms with Crippen LogP contribution in [-0.4, -0.2) is 39.3 Å². The average Bonchev–Trinajstić information content (AvgIpc) is 3.12. The Balaban J connectivity index is 0.00000192. The van der Waals surface area contributed by atoms with Gasteiger partial charge >= 0.3 is 0 Å². The van der Waals surface area contributed by atoms with Crippen molar-refractivity contribution in [2.75, 3.05) is 19.6 Å². The predicted molar refractivity (Wildman–Crippen MR) is 94.7 cm³/mol. The van der Waals surface area contributed by atoms with Crippen LogP contribution in [-0.2, 0) is 13.1 Å². The van der Waals surface area contributed by atoms with E-state index in [0.717, 1.165) is 44.4 Å². The third-order valence-corrected chi connectivity index (χ3v) is 4.74. The second-order valence-corrected chi connectivity index (χ2v) is 6.11. The van der Waals surface area contributed by atoms with E-state index in [0.29, 0.717) is 11.8 Å². The molecule has 1 aromatic heterocycles. The Kier molecular flexibility index (Phi) is 6.16. The minimum absolute atomic E-state index is 0. The molecule has 23 heavy (non-hydrogen) atoms. The lowest BCUT2D eigenvalue weighted by molar-refractivity contribution is 0.303. The SMILES string of the molecule is CCn1c(C)nnc1CN1C[C@@H](CN)[C@H](c2ccccc2)C1.Cl. The number of nitrogens with zero attached hydrogens (tertiary/aromatic N) is 4. The Bertz CT molecular complexity index is 613. The number of aromatic nitrogens is 3. The van der Waals surface area contributed by atoms with Gasteiger partial charge < -0.3 is 10.3 Å². The van der Waals surface area contributed by atoms with Gasteiger partial charge in [0.1, 0.15) is 11.6 Å². The molecule has 2 aromatic rings. The molecular weight excluding hydrogens is 310 g/mol. The topological polar surface area (TPSA) is 60.0 Å². The van der Waals surface area contributed by atoms with Gasteiger partial charge in [0.15, 0.2) is 0 Å². The first-order valence-corrected chi connectivity index (χ1v) is 8.09. The number of rotatable bonds is 5. The van der Waals surface area contributed by atoms with E-state index in [1.807, 2.05) is 6.92 Å². The number of likely N-dealkylation sites (tertiary alicyclic amines) is 1. The molecule has 0 spiro atoms. The summed E-state index contributed by atoms with van der Waals surface area (Å²) in [7, 11) is 0. The smallest absolute Gasteiger partial charge is 0.147 e. The molecule has 126 valence electrons. The summed E-state index contributed by atoms with van der Waals surface area (Å²) in [5, 5.41) is 8.55. The maximum Gasteiger partial charge on any atom is 0.147 e. The monoisotopic (exact) mass is 335 g/mol. The highest BCUT2D eigenvalue weighted by Gasteiger charge is 2.33. The number of hydrogen-bond donors (Lipinski definition) is 1. The van der Waals surface area contributed by atoms with Crippen LogP contribution in [0.2, 0.25) is 0 Å². The maximum absolute atomic E-state index is 6.02. The van der Waals surface area contributed by atoms with Crippen LogP contribution in [0.1, 0.15) is 30.1 Å². The van der Waals surface area contributed by atoms with Gasteiger partial charge in [-0.25, -0.2) is 0 Å². The third kappa shape index (κ3) is 3.74. The first-order chi connectivity index (χ1) is 10.7. The number of hydrogen-bond acceptors (Lipinski definition) is 4. The zero-order valence-corrected chi connectivity index (χ0v) is 14.7. The van der Waals surface area contributed by atoms with Gasteiger partial charge in [0.05, 0.1) is 6.54 Å². The molecule has 1 saturated heterocycles. The highest BCUT2D eigenvalue weighted by molar-refractivity contribution is 5.85. The first kappa shape index (κ1) is 17.9. The Morgan fingerprint density at radius 2 is 1.91 bits per heavy atom. The molecule has 2 atom stereocenters. The highest BCUT2D eigenvalue weighted by Crippen LogP contribution is 2.32. The fraction of sp³-hybridized carbons (Fsp3) is 0.529. The zero-order chi connectivity index (χ0) is 15.5. The van der Waals surface area contributed by atoms with Crippen molar-refractivity contribution in [3.63, 3.8) is 0 Å². The number of benzene rings is 1. The van der Waals surface area contributed by atoms with E-state index in [1.54, 1.807) is 0 Å². The lowest BCUT2D eigenvalue weighted by Crippen LogP contribution is -2.24. The van der Waals surface area contributed by atoms with E-state index >= 15 is 0 Å². The van der Waals surface area contributed by atoms with Gasteiger partial charge in [0, 0.05) is 25.6 Å². The number of aryl methyl sites for hydroxylation is 1. The lowest BCUT2D eigenvalue weighted by atomic mass is 9.89. The normalized spacial score (nSPS) is 21.3. The summed E-state index contributed by atoms with van der Waals surface area (Å²) in [6, 6.07) is 10.7. The Hall–Kier alpha value is -1.43. The van der Waals surface area contributed by atoms with Crippen molar-refractivity contribution < 1.29 is 0 Å². The molecule has 0 aliphatic carbocycles. The summed E-state index contributed by atoms with van der Waals surface area (Å²) in [4.78, 5) is 2.46. The van der Waals surface area contributed by atoms with E-state index in [9.17, 15) is 0 Å². The van der Waals surface area contributed by atoms with Crippen molar-refractivity contribution >= 4 is 12.4 Å². The second kappa shape index (κ2) is 7.90. The summed E-state index contributed by atoms with van der Waals surface area (Å²) in [5.74, 6) is 3.09. The molecule has 2 heterocycles. The zero-order valence-electron chi connectivity index (χ0n) is 13.9. The molecule has 1 aliphatic heterocycles. The van der Waals surface area contributed by atoms with Crippen molar-refractivity contribution in [3.8, 4) is 0 Å². The molecule has 0 amide bonds. The minimum atomic E-state index is 0. The molecule has 5 nitrogen and oxygen atoms in total. The largest absolute Gasteiger partial charge is 0.330 e. The van der Waals surface area contributed by atoms with E-state index in [4.69, 9.17) is 5.73 Å². The number of halogens is 1. The fourth-order valence-corrected chi connectivity index (χ4v) is 3.56. The Morgan fingerprint density at radius 1 is 1.17 bits per heavy atom. The summed E-state index contributed by atoms with van der Waals surface area (Å²) in [6.07, 6.45) is 0. The lowest BCUT2D eigenvalue weighted by Gasteiger charge is -2.16. The van der Waals surface area contributed by atoms with Crippen LogP contribution < -0.4 is 5.73 Å². The van der Waals surface area contributed by atoms with Crippen LogP contribution in [0.3, 0.4) is 0 Å². The third-order valence-electron chi connectivity index (χ3n) is 4.74.